The van der Waals surface area contributed by atoms with E-state index in [1.54, 1.807) is 24.3 Å². The highest BCUT2D eigenvalue weighted by molar-refractivity contribution is 7.98. The maximum atomic E-state index is 12.5. The molecular weight excluding hydrogens is 320 g/mol. The summed E-state index contributed by atoms with van der Waals surface area (Å²) in [7, 11) is 0. The molecule has 0 saturated carbocycles. The SMILES string of the molecule is CSCCC(C(=O)NCC(=O)O)n1nnc2ccccc2c1=O. The highest BCUT2D eigenvalue weighted by Gasteiger charge is 2.24. The molecular formula is C14H16N4O4S. The van der Waals surface area contributed by atoms with E-state index in [2.05, 4.69) is 15.6 Å². The topological polar surface area (TPSA) is 114 Å². The smallest absolute Gasteiger partial charge is 0.322 e. The molecule has 0 spiro atoms. The summed E-state index contributed by atoms with van der Waals surface area (Å²) in [6, 6.07) is 5.83. The van der Waals surface area contributed by atoms with Gasteiger partial charge >= 0.3 is 5.97 Å². The van der Waals surface area contributed by atoms with Crippen LogP contribution in [0.15, 0.2) is 29.1 Å². The van der Waals surface area contributed by atoms with Gasteiger partial charge in [-0.3, -0.25) is 14.4 Å². The predicted octanol–water partition coefficient (Wildman–Crippen LogP) is 0.286. The van der Waals surface area contributed by atoms with Crippen molar-refractivity contribution in [3.05, 3.63) is 34.6 Å². The first-order valence-electron chi connectivity index (χ1n) is 6.87. The van der Waals surface area contributed by atoms with Crippen molar-refractivity contribution in [2.24, 2.45) is 0 Å². The molecule has 9 heteroatoms. The average Bonchev–Trinajstić information content (AvgIpc) is 2.55. The number of nitrogens with zero attached hydrogens (tertiary/aromatic N) is 3. The van der Waals surface area contributed by atoms with Gasteiger partial charge in [-0.15, -0.1) is 5.10 Å². The minimum atomic E-state index is -1.15. The molecule has 0 bridgehead atoms. The molecule has 1 unspecified atom stereocenters. The molecule has 0 fully saturated rings. The number of hydrogen-bond donors (Lipinski definition) is 2. The summed E-state index contributed by atoms with van der Waals surface area (Å²) >= 11 is 1.52. The van der Waals surface area contributed by atoms with Crippen LogP contribution in [-0.4, -0.2) is 50.5 Å². The van der Waals surface area contributed by atoms with E-state index < -0.39 is 30.0 Å². The van der Waals surface area contributed by atoms with Crippen molar-refractivity contribution < 1.29 is 14.7 Å². The Morgan fingerprint density at radius 1 is 1.39 bits per heavy atom. The van der Waals surface area contributed by atoms with E-state index in [-0.39, 0.29) is 0 Å². The van der Waals surface area contributed by atoms with Gasteiger partial charge in [-0.05, 0) is 30.6 Å². The standard InChI is InChI=1S/C14H16N4O4S/c1-23-7-6-11(13(21)15-8-12(19)20)18-14(22)9-4-2-3-5-10(9)16-17-18/h2-5,11H,6-8H2,1H3,(H,15,21)(H,19,20). The molecule has 2 aromatic rings. The number of amides is 1. The Morgan fingerprint density at radius 2 is 2.13 bits per heavy atom. The molecule has 1 aromatic carbocycles. The fourth-order valence-electron chi connectivity index (χ4n) is 2.08. The second kappa shape index (κ2) is 7.73. The molecule has 23 heavy (non-hydrogen) atoms. The van der Waals surface area contributed by atoms with Crippen molar-refractivity contribution in [1.82, 2.24) is 20.3 Å². The van der Waals surface area contributed by atoms with E-state index in [4.69, 9.17) is 5.11 Å². The predicted molar refractivity (Wildman–Crippen MR) is 86.5 cm³/mol. The molecule has 0 radical (unpaired) electrons. The number of carboxylic acids is 1. The third kappa shape index (κ3) is 4.07. The Hall–Kier alpha value is -2.42. The van der Waals surface area contributed by atoms with Crippen molar-refractivity contribution >= 4 is 34.5 Å². The zero-order chi connectivity index (χ0) is 16.8. The zero-order valence-corrected chi connectivity index (χ0v) is 13.2. The Labute approximate surface area is 135 Å². The number of aromatic nitrogens is 3. The Balaban J connectivity index is 2.38. The van der Waals surface area contributed by atoms with Crippen LogP contribution in [0.2, 0.25) is 0 Å². The molecule has 0 aliphatic carbocycles. The molecule has 8 nitrogen and oxygen atoms in total. The molecule has 1 heterocycles. The minimum absolute atomic E-state index is 0.347. The molecule has 0 saturated heterocycles. The maximum Gasteiger partial charge on any atom is 0.322 e. The number of nitrogens with one attached hydrogen (secondary N) is 1. The summed E-state index contributed by atoms with van der Waals surface area (Å²) in [6.45, 7) is -0.510. The van der Waals surface area contributed by atoms with Gasteiger partial charge in [-0.25, -0.2) is 0 Å². The van der Waals surface area contributed by atoms with Crippen molar-refractivity contribution in [1.29, 1.82) is 0 Å². The summed E-state index contributed by atoms with van der Waals surface area (Å²) in [5, 5.41) is 19.1. The van der Waals surface area contributed by atoms with E-state index in [9.17, 15) is 14.4 Å². The summed E-state index contributed by atoms with van der Waals surface area (Å²) in [5.41, 5.74) is 0.0236. The van der Waals surface area contributed by atoms with Gasteiger partial charge in [0, 0.05) is 0 Å². The van der Waals surface area contributed by atoms with Gasteiger partial charge in [0.05, 0.1) is 5.39 Å². The van der Waals surface area contributed by atoms with E-state index in [1.165, 1.54) is 11.8 Å². The lowest BCUT2D eigenvalue weighted by molar-refractivity contribution is -0.138. The number of hydrogen-bond acceptors (Lipinski definition) is 6. The molecule has 2 N–H and O–H groups in total. The fourth-order valence-corrected chi connectivity index (χ4v) is 2.54. The van der Waals surface area contributed by atoms with Crippen LogP contribution < -0.4 is 10.9 Å². The van der Waals surface area contributed by atoms with Crippen LogP contribution in [0.5, 0.6) is 0 Å². The molecule has 1 atom stereocenters. The lowest BCUT2D eigenvalue weighted by Gasteiger charge is -2.17. The first kappa shape index (κ1) is 16.9. The average molecular weight is 336 g/mol. The normalized spacial score (nSPS) is 12.0. The van der Waals surface area contributed by atoms with E-state index >= 15 is 0 Å². The third-order valence-electron chi connectivity index (χ3n) is 3.20. The highest BCUT2D eigenvalue weighted by Crippen LogP contribution is 2.13. The van der Waals surface area contributed by atoms with Crippen molar-refractivity contribution in [2.75, 3.05) is 18.6 Å². The van der Waals surface area contributed by atoms with Crippen LogP contribution in [0.3, 0.4) is 0 Å². The van der Waals surface area contributed by atoms with Gasteiger partial charge in [-0.2, -0.15) is 16.4 Å². The van der Waals surface area contributed by atoms with Gasteiger partial charge in [-0.1, -0.05) is 17.3 Å². The summed E-state index contributed by atoms with van der Waals surface area (Å²) in [6.07, 6.45) is 2.22. The maximum absolute atomic E-state index is 12.5. The van der Waals surface area contributed by atoms with Crippen LogP contribution in [0.25, 0.3) is 10.9 Å². The Kier molecular flexibility index (Phi) is 5.69. The number of thioether (sulfide) groups is 1. The zero-order valence-electron chi connectivity index (χ0n) is 12.4. The second-order valence-electron chi connectivity index (χ2n) is 4.77. The highest BCUT2D eigenvalue weighted by atomic mass is 32.2. The third-order valence-corrected chi connectivity index (χ3v) is 3.84. The fraction of sp³-hybridized carbons (Fsp3) is 0.357. The number of fused-ring (bicyclic) bond motifs is 1. The monoisotopic (exact) mass is 336 g/mol. The van der Waals surface area contributed by atoms with Gasteiger partial charge in [0.2, 0.25) is 5.91 Å². The lowest BCUT2D eigenvalue weighted by Crippen LogP contribution is -2.41. The summed E-state index contributed by atoms with van der Waals surface area (Å²) < 4.78 is 1.02. The largest absolute Gasteiger partial charge is 0.480 e. The van der Waals surface area contributed by atoms with Crippen LogP contribution in [0, 0.1) is 0 Å². The number of carboxylic acid groups (broad SMARTS) is 1. The summed E-state index contributed by atoms with van der Waals surface area (Å²) in [5.74, 6) is -1.10. The van der Waals surface area contributed by atoms with Gasteiger partial charge in [0.1, 0.15) is 18.1 Å². The van der Waals surface area contributed by atoms with E-state index in [1.807, 2.05) is 6.26 Å². The van der Waals surface area contributed by atoms with Crippen LogP contribution in [-0.2, 0) is 9.59 Å². The van der Waals surface area contributed by atoms with Crippen LogP contribution in [0.4, 0.5) is 0 Å². The molecule has 122 valence electrons. The number of carbonyl (C=O) groups is 2. The van der Waals surface area contributed by atoms with Crippen LogP contribution in [0.1, 0.15) is 12.5 Å². The Morgan fingerprint density at radius 3 is 2.83 bits per heavy atom. The quantitative estimate of drug-likeness (QED) is 0.746. The first-order chi connectivity index (χ1) is 11.0. The Bertz CT molecular complexity index is 777. The molecule has 0 aliphatic heterocycles. The van der Waals surface area contributed by atoms with Gasteiger partial charge in [0.15, 0.2) is 0 Å². The number of carbonyl (C=O) groups excluding carboxylic acids is 1. The van der Waals surface area contributed by atoms with E-state index in [0.717, 1.165) is 4.68 Å². The molecule has 1 aromatic heterocycles. The number of aliphatic carboxylic acids is 1. The molecule has 2 rings (SSSR count). The van der Waals surface area contributed by atoms with Crippen LogP contribution >= 0.6 is 11.8 Å². The van der Waals surface area contributed by atoms with Crippen molar-refractivity contribution in [3.63, 3.8) is 0 Å². The van der Waals surface area contributed by atoms with Crippen molar-refractivity contribution in [2.45, 2.75) is 12.5 Å². The second-order valence-corrected chi connectivity index (χ2v) is 5.75. The molecule has 1 amide bonds. The molecule has 0 aliphatic rings. The van der Waals surface area contributed by atoms with Gasteiger partial charge in [0.25, 0.3) is 5.56 Å². The van der Waals surface area contributed by atoms with E-state index in [0.29, 0.717) is 23.1 Å². The van der Waals surface area contributed by atoms with Crippen molar-refractivity contribution in [3.8, 4) is 0 Å². The summed E-state index contributed by atoms with van der Waals surface area (Å²) in [4.78, 5) is 35.4. The first-order valence-corrected chi connectivity index (χ1v) is 8.26. The van der Waals surface area contributed by atoms with Gasteiger partial charge < -0.3 is 10.4 Å². The number of rotatable bonds is 7. The number of benzene rings is 1. The minimum Gasteiger partial charge on any atom is -0.480 e. The lowest BCUT2D eigenvalue weighted by atomic mass is 10.2.